The molecule has 25 heavy (non-hydrogen) atoms. The van der Waals surface area contributed by atoms with E-state index in [1.807, 2.05) is 19.9 Å². The van der Waals surface area contributed by atoms with Gasteiger partial charge in [-0.05, 0) is 52.8 Å². The van der Waals surface area contributed by atoms with Crippen LogP contribution in [0, 0.1) is 27.7 Å². The minimum absolute atomic E-state index is 0.0143. The van der Waals surface area contributed by atoms with Crippen molar-refractivity contribution in [1.29, 1.82) is 0 Å². The monoisotopic (exact) mass is 342 g/mol. The summed E-state index contributed by atoms with van der Waals surface area (Å²) in [7, 11) is 0. The minimum Gasteiger partial charge on any atom is -0.463 e. The zero-order valence-electron chi connectivity index (χ0n) is 15.0. The molecular weight excluding hydrogens is 320 g/mol. The Morgan fingerprint density at radius 1 is 1.32 bits per heavy atom. The first-order valence-electron chi connectivity index (χ1n) is 8.10. The van der Waals surface area contributed by atoms with Crippen molar-refractivity contribution in [1.82, 2.24) is 19.9 Å². The van der Waals surface area contributed by atoms with E-state index in [1.165, 1.54) is 0 Å². The highest BCUT2D eigenvalue weighted by molar-refractivity contribution is 6.01. The molecule has 0 radical (unpaired) electrons. The Balaban J connectivity index is 1.87. The molecule has 1 atom stereocenters. The molecule has 1 amide bonds. The number of aromatic nitrogens is 3. The van der Waals surface area contributed by atoms with Crippen LogP contribution in [0.2, 0.25) is 0 Å². The Morgan fingerprint density at radius 3 is 2.68 bits per heavy atom. The van der Waals surface area contributed by atoms with E-state index in [9.17, 15) is 9.90 Å². The van der Waals surface area contributed by atoms with E-state index in [1.54, 1.807) is 37.4 Å². The quantitative estimate of drug-likeness (QED) is 0.758. The predicted molar refractivity (Wildman–Crippen MR) is 92.5 cm³/mol. The first-order valence-corrected chi connectivity index (χ1v) is 8.10. The van der Waals surface area contributed by atoms with Crippen molar-refractivity contribution in [2.45, 2.75) is 40.2 Å². The summed E-state index contributed by atoms with van der Waals surface area (Å²) in [6.07, 6.45) is 0. The van der Waals surface area contributed by atoms with Gasteiger partial charge in [-0.1, -0.05) is 0 Å². The first kappa shape index (κ1) is 17.2. The number of hydrogen-bond acceptors (Lipinski definition) is 5. The third-order valence-corrected chi connectivity index (χ3v) is 4.16. The van der Waals surface area contributed by atoms with E-state index < -0.39 is 5.60 Å². The molecule has 7 heteroatoms. The molecule has 2 N–H and O–H groups in total. The smallest absolute Gasteiger partial charge is 0.257 e. The average Bonchev–Trinajstić information content (AvgIpc) is 3.09. The second-order valence-electron chi connectivity index (χ2n) is 6.60. The van der Waals surface area contributed by atoms with Gasteiger partial charge in [0.2, 0.25) is 0 Å². The molecule has 1 unspecified atom stereocenters. The zero-order valence-corrected chi connectivity index (χ0v) is 15.0. The maximum atomic E-state index is 12.7. The molecular formula is C18H22N4O3. The number of hydrogen-bond donors (Lipinski definition) is 2. The van der Waals surface area contributed by atoms with E-state index in [-0.39, 0.29) is 12.5 Å². The van der Waals surface area contributed by atoms with E-state index in [0.717, 1.165) is 11.4 Å². The maximum Gasteiger partial charge on any atom is 0.257 e. The van der Waals surface area contributed by atoms with Gasteiger partial charge in [0.05, 0.1) is 12.2 Å². The Morgan fingerprint density at radius 2 is 2.04 bits per heavy atom. The third-order valence-electron chi connectivity index (χ3n) is 4.16. The fourth-order valence-electron chi connectivity index (χ4n) is 2.84. The lowest BCUT2D eigenvalue weighted by Crippen LogP contribution is -2.38. The van der Waals surface area contributed by atoms with Crippen molar-refractivity contribution in [2.75, 3.05) is 6.54 Å². The van der Waals surface area contributed by atoms with Crippen LogP contribution in [0.25, 0.3) is 5.65 Å². The molecule has 0 spiro atoms. The number of amides is 1. The number of rotatable bonds is 4. The van der Waals surface area contributed by atoms with Gasteiger partial charge in [0.1, 0.15) is 22.7 Å². The third kappa shape index (κ3) is 3.15. The highest BCUT2D eigenvalue weighted by atomic mass is 16.4. The van der Waals surface area contributed by atoms with Crippen LogP contribution in [0.5, 0.6) is 0 Å². The summed E-state index contributed by atoms with van der Waals surface area (Å²) in [6.45, 7) is 8.98. The van der Waals surface area contributed by atoms with Crippen molar-refractivity contribution in [3.05, 3.63) is 52.4 Å². The van der Waals surface area contributed by atoms with Crippen LogP contribution in [-0.4, -0.2) is 32.2 Å². The molecule has 0 saturated carbocycles. The number of nitrogens with one attached hydrogen (secondary N) is 1. The van der Waals surface area contributed by atoms with Crippen LogP contribution >= 0.6 is 0 Å². The van der Waals surface area contributed by atoms with Crippen LogP contribution in [0.1, 0.15) is 45.9 Å². The standard InChI is InChI=1S/C18H22N4O3/c1-10-8-11(2)22-16(20-10)15(13(4)21-22)17(23)19-9-18(5,24)14-7-6-12(3)25-14/h6-8,24H,9H2,1-5H3,(H,19,23). The van der Waals surface area contributed by atoms with Crippen LogP contribution in [0.15, 0.2) is 22.6 Å². The summed E-state index contributed by atoms with van der Waals surface area (Å²) in [5, 5.41) is 17.7. The summed E-state index contributed by atoms with van der Waals surface area (Å²) in [4.78, 5) is 17.1. The molecule has 3 heterocycles. The van der Waals surface area contributed by atoms with Gasteiger partial charge >= 0.3 is 0 Å². The fraction of sp³-hybridized carbons (Fsp3) is 0.389. The van der Waals surface area contributed by atoms with Gasteiger partial charge < -0.3 is 14.8 Å². The topological polar surface area (TPSA) is 92.7 Å². The van der Waals surface area contributed by atoms with Gasteiger partial charge in [0, 0.05) is 11.4 Å². The van der Waals surface area contributed by atoms with Gasteiger partial charge in [0.25, 0.3) is 5.91 Å². The van der Waals surface area contributed by atoms with Crippen molar-refractivity contribution in [3.8, 4) is 0 Å². The molecule has 3 rings (SSSR count). The molecule has 7 nitrogen and oxygen atoms in total. The zero-order chi connectivity index (χ0) is 18.4. The molecule has 0 fully saturated rings. The number of furan rings is 1. The second kappa shape index (κ2) is 6.00. The van der Waals surface area contributed by atoms with E-state index in [4.69, 9.17) is 4.42 Å². The van der Waals surface area contributed by atoms with E-state index in [2.05, 4.69) is 15.4 Å². The minimum atomic E-state index is -1.31. The van der Waals surface area contributed by atoms with Crippen molar-refractivity contribution in [2.24, 2.45) is 0 Å². The van der Waals surface area contributed by atoms with Crippen LogP contribution in [0.4, 0.5) is 0 Å². The van der Waals surface area contributed by atoms with Crippen molar-refractivity contribution in [3.63, 3.8) is 0 Å². The molecule has 3 aromatic rings. The van der Waals surface area contributed by atoms with Crippen LogP contribution in [-0.2, 0) is 5.60 Å². The average molecular weight is 342 g/mol. The highest BCUT2D eigenvalue weighted by Crippen LogP contribution is 2.22. The Labute approximate surface area is 145 Å². The molecule has 0 aromatic carbocycles. The van der Waals surface area contributed by atoms with Gasteiger partial charge in [-0.25, -0.2) is 9.50 Å². The normalized spacial score (nSPS) is 13.8. The predicted octanol–water partition coefficient (Wildman–Crippen LogP) is 2.19. The molecule has 132 valence electrons. The number of carbonyl (C=O) groups is 1. The highest BCUT2D eigenvalue weighted by Gasteiger charge is 2.29. The SMILES string of the molecule is Cc1cc(C)n2nc(C)c(C(=O)NCC(C)(O)c3ccc(C)o3)c2n1. The second-order valence-corrected chi connectivity index (χ2v) is 6.60. The Bertz CT molecular complexity index is 953. The summed E-state index contributed by atoms with van der Waals surface area (Å²) < 4.78 is 7.12. The fourth-order valence-corrected chi connectivity index (χ4v) is 2.84. The molecule has 0 aliphatic rings. The molecule has 0 aliphatic carbocycles. The van der Waals surface area contributed by atoms with Gasteiger partial charge in [0.15, 0.2) is 5.65 Å². The Kier molecular flexibility index (Phi) is 4.12. The summed E-state index contributed by atoms with van der Waals surface area (Å²) in [6, 6.07) is 5.39. The largest absolute Gasteiger partial charge is 0.463 e. The first-order chi connectivity index (χ1) is 11.7. The van der Waals surface area contributed by atoms with Gasteiger partial charge in [-0.3, -0.25) is 4.79 Å². The number of aryl methyl sites for hydroxylation is 4. The number of aliphatic hydroxyl groups is 1. The summed E-state index contributed by atoms with van der Waals surface area (Å²) >= 11 is 0. The Hall–Kier alpha value is -2.67. The molecule has 3 aromatic heterocycles. The van der Waals surface area contributed by atoms with Gasteiger partial charge in [-0.15, -0.1) is 0 Å². The summed E-state index contributed by atoms with van der Waals surface area (Å²) in [5.41, 5.74) is 1.94. The number of fused-ring (bicyclic) bond motifs is 1. The van der Waals surface area contributed by atoms with Gasteiger partial charge in [-0.2, -0.15) is 5.10 Å². The molecule has 0 bridgehead atoms. The number of carbonyl (C=O) groups excluding carboxylic acids is 1. The van der Waals surface area contributed by atoms with Crippen molar-refractivity contribution >= 4 is 11.6 Å². The van der Waals surface area contributed by atoms with Crippen LogP contribution in [0.3, 0.4) is 0 Å². The molecule has 0 aliphatic heterocycles. The maximum absolute atomic E-state index is 12.7. The molecule has 0 saturated heterocycles. The lowest BCUT2D eigenvalue weighted by molar-refractivity contribution is 0.0323. The lowest BCUT2D eigenvalue weighted by atomic mass is 10.0. The van der Waals surface area contributed by atoms with E-state index in [0.29, 0.717) is 28.4 Å². The number of nitrogens with zero attached hydrogens (tertiary/aromatic N) is 3. The lowest BCUT2D eigenvalue weighted by Gasteiger charge is -2.21. The van der Waals surface area contributed by atoms with Crippen molar-refractivity contribution < 1.29 is 14.3 Å². The summed E-state index contributed by atoms with van der Waals surface area (Å²) in [5.74, 6) is 0.787. The van der Waals surface area contributed by atoms with Crippen LogP contribution < -0.4 is 5.32 Å². The van der Waals surface area contributed by atoms with E-state index >= 15 is 0 Å².